The molecule has 1 aromatic heterocycles. The fourth-order valence-electron chi connectivity index (χ4n) is 2.04. The van der Waals surface area contributed by atoms with Crippen molar-refractivity contribution in [1.82, 2.24) is 9.55 Å². The van der Waals surface area contributed by atoms with Crippen LogP contribution >= 0.6 is 15.9 Å². The number of nitrogens with one attached hydrogen (secondary N) is 1. The number of aromatic nitrogens is 2. The highest BCUT2D eigenvalue weighted by Crippen LogP contribution is 2.14. The van der Waals surface area contributed by atoms with Crippen LogP contribution in [0.15, 0.2) is 56.5 Å². The van der Waals surface area contributed by atoms with E-state index in [4.69, 9.17) is 0 Å². The molecule has 0 fully saturated rings. The molecule has 0 aliphatic rings. The Bertz CT molecular complexity index is 930. The normalized spacial score (nSPS) is 10.9. The van der Waals surface area contributed by atoms with E-state index in [-0.39, 0.29) is 5.39 Å². The molecule has 3 rings (SSSR count). The van der Waals surface area contributed by atoms with Crippen molar-refractivity contribution in [2.75, 3.05) is 0 Å². The smallest absolute Gasteiger partial charge is 0.306 e. The Morgan fingerprint density at radius 3 is 2.65 bits per heavy atom. The van der Waals surface area contributed by atoms with Gasteiger partial charge in [-0.1, -0.05) is 22.0 Å². The SMILES string of the molecule is O=c1[nH]c2ccc(F)cc2c(=O)n1-c1cccc(Br)c1. The third-order valence-corrected chi connectivity index (χ3v) is 3.42. The van der Waals surface area contributed by atoms with E-state index in [1.54, 1.807) is 24.3 Å². The minimum atomic E-state index is -0.563. The molecular formula is C14H8BrFN2O2. The van der Waals surface area contributed by atoms with Gasteiger partial charge in [0.25, 0.3) is 5.56 Å². The molecule has 4 nitrogen and oxygen atoms in total. The standard InChI is InChI=1S/C14H8BrFN2O2/c15-8-2-1-3-10(6-8)18-13(19)11-7-9(16)4-5-12(11)17-14(18)20/h1-7H,(H,17,20). The van der Waals surface area contributed by atoms with Gasteiger partial charge in [-0.25, -0.2) is 13.8 Å². The molecule has 0 amide bonds. The van der Waals surface area contributed by atoms with Gasteiger partial charge < -0.3 is 4.98 Å². The van der Waals surface area contributed by atoms with Gasteiger partial charge in [0.05, 0.1) is 16.6 Å². The maximum atomic E-state index is 13.3. The number of hydrogen-bond acceptors (Lipinski definition) is 2. The Labute approximate surface area is 120 Å². The molecule has 100 valence electrons. The van der Waals surface area contributed by atoms with Crippen LogP contribution in [0.4, 0.5) is 4.39 Å². The summed E-state index contributed by atoms with van der Waals surface area (Å²) >= 11 is 3.28. The molecule has 0 aliphatic heterocycles. The zero-order chi connectivity index (χ0) is 14.3. The average molecular weight is 335 g/mol. The second-order valence-corrected chi connectivity index (χ2v) is 5.16. The van der Waals surface area contributed by atoms with E-state index in [2.05, 4.69) is 20.9 Å². The van der Waals surface area contributed by atoms with Crippen molar-refractivity contribution in [3.05, 3.63) is 73.6 Å². The van der Waals surface area contributed by atoms with Crippen LogP contribution in [0.3, 0.4) is 0 Å². The van der Waals surface area contributed by atoms with Crippen LogP contribution in [0.1, 0.15) is 0 Å². The van der Waals surface area contributed by atoms with E-state index in [0.717, 1.165) is 15.1 Å². The monoisotopic (exact) mass is 334 g/mol. The zero-order valence-corrected chi connectivity index (χ0v) is 11.6. The lowest BCUT2D eigenvalue weighted by Crippen LogP contribution is -2.33. The van der Waals surface area contributed by atoms with E-state index in [9.17, 15) is 14.0 Å². The van der Waals surface area contributed by atoms with Crippen LogP contribution in [0.2, 0.25) is 0 Å². The lowest BCUT2D eigenvalue weighted by molar-refractivity contribution is 0.629. The van der Waals surface area contributed by atoms with E-state index >= 15 is 0 Å². The van der Waals surface area contributed by atoms with Gasteiger partial charge in [-0.05, 0) is 36.4 Å². The Morgan fingerprint density at radius 1 is 1.10 bits per heavy atom. The lowest BCUT2D eigenvalue weighted by atomic mass is 10.2. The Morgan fingerprint density at radius 2 is 1.90 bits per heavy atom. The third kappa shape index (κ3) is 2.08. The molecule has 2 aromatic carbocycles. The van der Waals surface area contributed by atoms with Gasteiger partial charge in [0.1, 0.15) is 5.82 Å². The molecule has 0 unspecified atom stereocenters. The maximum Gasteiger partial charge on any atom is 0.333 e. The second kappa shape index (κ2) is 4.72. The van der Waals surface area contributed by atoms with E-state index in [0.29, 0.717) is 11.2 Å². The van der Waals surface area contributed by atoms with Crippen molar-refractivity contribution in [2.45, 2.75) is 0 Å². The summed E-state index contributed by atoms with van der Waals surface area (Å²) in [5.74, 6) is -0.526. The number of nitrogens with zero attached hydrogens (tertiary/aromatic N) is 1. The highest BCUT2D eigenvalue weighted by atomic mass is 79.9. The van der Waals surface area contributed by atoms with Crippen molar-refractivity contribution >= 4 is 26.8 Å². The molecule has 0 bridgehead atoms. The molecule has 6 heteroatoms. The molecule has 3 aromatic rings. The molecular weight excluding hydrogens is 327 g/mol. The fraction of sp³-hybridized carbons (Fsp3) is 0. The summed E-state index contributed by atoms with van der Waals surface area (Å²) in [5, 5.41) is 0.129. The molecule has 0 saturated carbocycles. The Hall–Kier alpha value is -2.21. The summed E-state index contributed by atoms with van der Waals surface area (Å²) in [5.41, 5.74) is -0.391. The van der Waals surface area contributed by atoms with Crippen LogP contribution < -0.4 is 11.2 Å². The topological polar surface area (TPSA) is 54.9 Å². The van der Waals surface area contributed by atoms with Crippen LogP contribution in [0.25, 0.3) is 16.6 Å². The van der Waals surface area contributed by atoms with Gasteiger partial charge >= 0.3 is 5.69 Å². The van der Waals surface area contributed by atoms with Crippen LogP contribution in [0.5, 0.6) is 0 Å². The molecule has 0 saturated heterocycles. The highest BCUT2D eigenvalue weighted by molar-refractivity contribution is 9.10. The summed E-state index contributed by atoms with van der Waals surface area (Å²) in [7, 11) is 0. The van der Waals surface area contributed by atoms with E-state index in [1.807, 2.05) is 0 Å². The number of rotatable bonds is 1. The maximum absolute atomic E-state index is 13.3. The molecule has 1 heterocycles. The lowest BCUT2D eigenvalue weighted by Gasteiger charge is -2.06. The first-order valence-electron chi connectivity index (χ1n) is 5.77. The Kier molecular flexibility index (Phi) is 3.02. The van der Waals surface area contributed by atoms with Crippen molar-refractivity contribution in [3.63, 3.8) is 0 Å². The van der Waals surface area contributed by atoms with Crippen molar-refractivity contribution in [2.24, 2.45) is 0 Å². The van der Waals surface area contributed by atoms with Gasteiger partial charge in [-0.15, -0.1) is 0 Å². The van der Waals surface area contributed by atoms with Crippen LogP contribution in [-0.4, -0.2) is 9.55 Å². The minimum absolute atomic E-state index is 0.129. The molecule has 0 spiro atoms. The van der Waals surface area contributed by atoms with E-state index < -0.39 is 17.1 Å². The number of hydrogen-bond donors (Lipinski definition) is 1. The molecule has 20 heavy (non-hydrogen) atoms. The van der Waals surface area contributed by atoms with Crippen molar-refractivity contribution < 1.29 is 4.39 Å². The van der Waals surface area contributed by atoms with E-state index in [1.165, 1.54) is 12.1 Å². The summed E-state index contributed by atoms with van der Waals surface area (Å²) in [6, 6.07) is 10.4. The zero-order valence-electron chi connectivity index (χ0n) is 10.1. The quantitative estimate of drug-likeness (QED) is 0.743. The predicted octanol–water partition coefficient (Wildman–Crippen LogP) is 2.58. The van der Waals surface area contributed by atoms with Crippen LogP contribution in [-0.2, 0) is 0 Å². The number of benzene rings is 2. The van der Waals surface area contributed by atoms with Crippen molar-refractivity contribution in [1.29, 1.82) is 0 Å². The first-order chi connectivity index (χ1) is 9.56. The number of H-pyrrole nitrogens is 1. The predicted molar refractivity (Wildman–Crippen MR) is 77.8 cm³/mol. The second-order valence-electron chi connectivity index (χ2n) is 4.24. The summed E-state index contributed by atoms with van der Waals surface area (Å²) in [4.78, 5) is 27.0. The fourth-order valence-corrected chi connectivity index (χ4v) is 2.42. The molecule has 0 atom stereocenters. The summed E-state index contributed by atoms with van der Waals surface area (Å²) in [6.07, 6.45) is 0. The van der Waals surface area contributed by atoms with Crippen molar-refractivity contribution in [3.8, 4) is 5.69 Å². The average Bonchev–Trinajstić information content (AvgIpc) is 2.40. The number of fused-ring (bicyclic) bond motifs is 1. The first kappa shape index (κ1) is 12.8. The molecule has 0 aliphatic carbocycles. The number of aromatic amines is 1. The van der Waals surface area contributed by atoms with Gasteiger partial charge in [-0.2, -0.15) is 0 Å². The van der Waals surface area contributed by atoms with Gasteiger partial charge in [0.2, 0.25) is 0 Å². The molecule has 0 radical (unpaired) electrons. The van der Waals surface area contributed by atoms with Gasteiger partial charge in [0, 0.05) is 4.47 Å². The summed E-state index contributed by atoms with van der Waals surface area (Å²) < 4.78 is 15.0. The molecule has 1 N–H and O–H groups in total. The number of halogens is 2. The summed E-state index contributed by atoms with van der Waals surface area (Å²) in [6.45, 7) is 0. The third-order valence-electron chi connectivity index (χ3n) is 2.93. The van der Waals surface area contributed by atoms with Crippen LogP contribution in [0, 0.1) is 5.82 Å². The largest absolute Gasteiger partial charge is 0.333 e. The minimum Gasteiger partial charge on any atom is -0.306 e. The van der Waals surface area contributed by atoms with Gasteiger partial charge in [0.15, 0.2) is 0 Å². The van der Waals surface area contributed by atoms with Gasteiger partial charge in [-0.3, -0.25) is 4.79 Å². The highest BCUT2D eigenvalue weighted by Gasteiger charge is 2.10. The Balaban J connectivity index is 2.42. The first-order valence-corrected chi connectivity index (χ1v) is 6.56.